The third-order valence-electron chi connectivity index (χ3n) is 8.75. The zero-order valence-corrected chi connectivity index (χ0v) is 26.2. The van der Waals surface area contributed by atoms with Crippen molar-refractivity contribution in [3.63, 3.8) is 0 Å². The van der Waals surface area contributed by atoms with E-state index in [9.17, 15) is 9.59 Å². The summed E-state index contributed by atoms with van der Waals surface area (Å²) in [6.45, 7) is 10.0. The highest BCUT2D eigenvalue weighted by atomic mass is 32.1. The lowest BCUT2D eigenvalue weighted by atomic mass is 9.69. The molecule has 0 unspecified atom stereocenters. The molecule has 5 aromatic rings. The minimum atomic E-state index is -0.876. The maximum Gasteiger partial charge on any atom is 0.312 e. The molecule has 10 heteroatoms. The first-order valence-corrected chi connectivity index (χ1v) is 15.5. The van der Waals surface area contributed by atoms with E-state index < -0.39 is 5.41 Å². The fourth-order valence-corrected chi connectivity index (χ4v) is 7.38. The molecule has 0 saturated heterocycles. The summed E-state index contributed by atoms with van der Waals surface area (Å²) in [5, 5.41) is 11.9. The largest absolute Gasteiger partial charge is 0.487 e. The van der Waals surface area contributed by atoms with Crippen LogP contribution in [0.4, 0.5) is 0 Å². The van der Waals surface area contributed by atoms with Crippen LogP contribution in [0.2, 0.25) is 0 Å². The predicted octanol–water partition coefficient (Wildman–Crippen LogP) is 5.68. The van der Waals surface area contributed by atoms with Crippen molar-refractivity contribution in [3.05, 3.63) is 86.1 Å². The highest BCUT2D eigenvalue weighted by Gasteiger charge is 2.41. The Kier molecular flexibility index (Phi) is 7.60. The molecule has 4 heterocycles. The molecular weight excluding hydrogens is 562 g/mol. The van der Waals surface area contributed by atoms with Gasteiger partial charge in [0.15, 0.2) is 0 Å². The summed E-state index contributed by atoms with van der Waals surface area (Å²) in [5.41, 5.74) is 5.77. The monoisotopic (exact) mass is 599 g/mol. The molecule has 2 aromatic carbocycles. The van der Waals surface area contributed by atoms with E-state index in [-0.39, 0.29) is 23.6 Å². The van der Waals surface area contributed by atoms with Crippen molar-refractivity contribution >= 4 is 38.4 Å². The molecule has 9 nitrogen and oxygen atoms in total. The Balaban J connectivity index is 1.48. The van der Waals surface area contributed by atoms with Crippen molar-refractivity contribution < 1.29 is 14.3 Å². The first kappa shape index (κ1) is 29.1. The minimum absolute atomic E-state index is 0.00141. The van der Waals surface area contributed by atoms with Crippen LogP contribution in [0.15, 0.2) is 52.6 Å². The summed E-state index contributed by atoms with van der Waals surface area (Å²) in [7, 11) is 3.33. The van der Waals surface area contributed by atoms with Crippen molar-refractivity contribution in [2.24, 2.45) is 12.5 Å². The Morgan fingerprint density at radius 3 is 2.81 bits per heavy atom. The molecule has 2 atom stereocenters. The lowest BCUT2D eigenvalue weighted by Gasteiger charge is -2.34. The molecule has 1 N–H and O–H groups in total. The molecule has 0 aliphatic carbocycles. The molecule has 0 radical (unpaired) electrons. The molecule has 3 aromatic heterocycles. The number of hydrogen-bond donors (Lipinski definition) is 1. The maximum atomic E-state index is 13.4. The van der Waals surface area contributed by atoms with Gasteiger partial charge in [0.05, 0.1) is 23.7 Å². The lowest BCUT2D eigenvalue weighted by Crippen LogP contribution is -2.34. The minimum Gasteiger partial charge on any atom is -0.487 e. The number of aromatic amines is 1. The van der Waals surface area contributed by atoms with Gasteiger partial charge >= 0.3 is 5.97 Å². The lowest BCUT2D eigenvalue weighted by molar-refractivity contribution is -0.151. The van der Waals surface area contributed by atoms with Crippen LogP contribution in [0, 0.1) is 12.3 Å². The smallest absolute Gasteiger partial charge is 0.312 e. The summed E-state index contributed by atoms with van der Waals surface area (Å²) in [6.07, 6.45) is 0.852. The van der Waals surface area contributed by atoms with E-state index in [0.717, 1.165) is 57.5 Å². The number of hydrogen-bond acceptors (Lipinski definition) is 8. The van der Waals surface area contributed by atoms with Gasteiger partial charge < -0.3 is 14.5 Å². The van der Waals surface area contributed by atoms with Gasteiger partial charge in [0.1, 0.15) is 17.4 Å². The maximum absolute atomic E-state index is 13.4. The molecule has 0 spiro atoms. The van der Waals surface area contributed by atoms with Crippen molar-refractivity contribution in [2.45, 2.75) is 59.2 Å². The number of aryl methyl sites for hydroxylation is 2. The summed E-state index contributed by atoms with van der Waals surface area (Å²) in [5.74, 6) is 0.153. The van der Waals surface area contributed by atoms with Gasteiger partial charge in [-0.15, -0.1) is 16.4 Å². The second kappa shape index (κ2) is 11.2. The number of H-pyrrole nitrogens is 1. The number of thiophene rings is 1. The highest BCUT2D eigenvalue weighted by Crippen LogP contribution is 2.46. The number of esters is 1. The van der Waals surface area contributed by atoms with Gasteiger partial charge in [0, 0.05) is 43.4 Å². The normalized spacial score (nSPS) is 16.6. The molecule has 0 bridgehead atoms. The van der Waals surface area contributed by atoms with Crippen LogP contribution in [0.3, 0.4) is 0 Å². The van der Waals surface area contributed by atoms with Crippen LogP contribution in [-0.4, -0.2) is 50.6 Å². The van der Waals surface area contributed by atoms with Gasteiger partial charge in [-0.25, -0.2) is 4.68 Å². The SMILES string of the molecule is CC[C@@H]1CN(Cc2cc([C@H](c3ccc4c(nnn4C)c3C)C(C)(C)C(=O)OC)cc3ccsc23)Cc2[nH]c(=O)ccc2O1. The van der Waals surface area contributed by atoms with Gasteiger partial charge in [-0.3, -0.25) is 14.5 Å². The van der Waals surface area contributed by atoms with Crippen LogP contribution in [0.25, 0.3) is 21.1 Å². The van der Waals surface area contributed by atoms with E-state index in [0.29, 0.717) is 13.1 Å². The fourth-order valence-electron chi connectivity index (χ4n) is 6.49. The summed E-state index contributed by atoms with van der Waals surface area (Å²) in [6, 6.07) is 14.0. The number of benzene rings is 2. The van der Waals surface area contributed by atoms with Crippen molar-refractivity contribution in [2.75, 3.05) is 13.7 Å². The first-order valence-electron chi connectivity index (χ1n) is 14.6. The number of nitrogens with one attached hydrogen (secondary N) is 1. The average molecular weight is 600 g/mol. The van der Waals surface area contributed by atoms with Crippen LogP contribution < -0.4 is 10.3 Å². The van der Waals surface area contributed by atoms with E-state index in [1.807, 2.05) is 27.0 Å². The van der Waals surface area contributed by atoms with Crippen LogP contribution >= 0.6 is 11.3 Å². The Bertz CT molecular complexity index is 1890. The molecule has 0 saturated carbocycles. The molecular formula is C33H37N5O4S. The number of rotatable bonds is 7. The fraction of sp³-hybridized carbons (Fsp3) is 0.394. The Morgan fingerprint density at radius 2 is 2.05 bits per heavy atom. The molecule has 0 fully saturated rings. The third kappa shape index (κ3) is 5.23. The Labute approximate surface area is 254 Å². The number of carbonyl (C=O) groups is 1. The molecule has 43 heavy (non-hydrogen) atoms. The van der Waals surface area contributed by atoms with Gasteiger partial charge in [0.25, 0.3) is 0 Å². The number of pyridine rings is 1. The summed E-state index contributed by atoms with van der Waals surface area (Å²) >= 11 is 1.72. The quantitative estimate of drug-likeness (QED) is 0.240. The van der Waals surface area contributed by atoms with Gasteiger partial charge in [-0.05, 0) is 84.5 Å². The van der Waals surface area contributed by atoms with Crippen LogP contribution in [-0.2, 0) is 29.7 Å². The van der Waals surface area contributed by atoms with E-state index in [1.165, 1.54) is 23.4 Å². The van der Waals surface area contributed by atoms with Crippen molar-refractivity contribution in [3.8, 4) is 5.75 Å². The zero-order valence-electron chi connectivity index (χ0n) is 25.4. The summed E-state index contributed by atoms with van der Waals surface area (Å²) in [4.78, 5) is 30.9. The molecule has 224 valence electrons. The van der Waals surface area contributed by atoms with Crippen LogP contribution in [0.5, 0.6) is 5.75 Å². The van der Waals surface area contributed by atoms with Crippen molar-refractivity contribution in [1.29, 1.82) is 0 Å². The average Bonchev–Trinajstić information content (AvgIpc) is 3.57. The zero-order chi connectivity index (χ0) is 30.5. The molecule has 1 aliphatic rings. The second-order valence-corrected chi connectivity index (χ2v) is 12.9. The summed E-state index contributed by atoms with van der Waals surface area (Å²) < 4.78 is 14.6. The number of fused-ring (bicyclic) bond motifs is 3. The van der Waals surface area contributed by atoms with E-state index in [1.54, 1.807) is 22.1 Å². The Morgan fingerprint density at radius 1 is 1.23 bits per heavy atom. The molecule has 1 aliphatic heterocycles. The molecule has 6 rings (SSSR count). The standard InChI is InChI=1S/C33H37N5O4S/c1-7-23-17-38(18-25-27(42-23)10-11-28(39)34-25)16-22-15-21(14-20-12-13-43-31(20)22)29(33(3,4)32(40)41-6)24-8-9-26-30(19(24)2)35-36-37(26)5/h8-15,23,29H,7,16-18H2,1-6H3,(H,34,39)/t23-,29-/m1/s1. The number of ether oxygens (including phenoxy) is 2. The van der Waals surface area contributed by atoms with Crippen molar-refractivity contribution in [1.82, 2.24) is 24.9 Å². The van der Waals surface area contributed by atoms with Gasteiger partial charge in [0.2, 0.25) is 5.56 Å². The van der Waals surface area contributed by atoms with E-state index >= 15 is 0 Å². The number of carbonyl (C=O) groups excluding carboxylic acids is 1. The highest BCUT2D eigenvalue weighted by molar-refractivity contribution is 7.17. The number of aromatic nitrogens is 4. The predicted molar refractivity (Wildman–Crippen MR) is 169 cm³/mol. The first-order chi connectivity index (χ1) is 20.6. The van der Waals surface area contributed by atoms with Crippen LogP contribution in [0.1, 0.15) is 61.1 Å². The van der Waals surface area contributed by atoms with Gasteiger partial charge in [-0.1, -0.05) is 24.3 Å². The topological polar surface area (TPSA) is 102 Å². The number of methoxy groups -OCH3 is 1. The second-order valence-electron chi connectivity index (χ2n) is 12.0. The number of nitrogens with zero attached hydrogens (tertiary/aromatic N) is 4. The molecule has 0 amide bonds. The van der Waals surface area contributed by atoms with E-state index in [4.69, 9.17) is 9.47 Å². The van der Waals surface area contributed by atoms with Gasteiger partial charge in [-0.2, -0.15) is 0 Å². The third-order valence-corrected chi connectivity index (χ3v) is 9.76. The Hall–Kier alpha value is -4.02. The van der Waals surface area contributed by atoms with E-state index in [2.05, 4.69) is 63.7 Å².